The van der Waals surface area contributed by atoms with Crippen molar-refractivity contribution in [2.45, 2.75) is 96.9 Å². The second-order valence-electron chi connectivity index (χ2n) is 8.46. The minimum absolute atomic E-state index is 0.0358. The Bertz CT molecular complexity index is 385. The molecule has 0 amide bonds. The second-order valence-corrected chi connectivity index (χ2v) is 8.86. The number of piperidine rings is 1. The maximum absolute atomic E-state index is 6.43. The van der Waals surface area contributed by atoms with E-state index in [-0.39, 0.29) is 16.5 Å². The molecule has 0 aromatic carbocycles. The van der Waals surface area contributed by atoms with Gasteiger partial charge in [0.05, 0.1) is 13.2 Å². The molecule has 0 N–H and O–H groups in total. The Morgan fingerprint density at radius 2 is 1.50 bits per heavy atom. The Morgan fingerprint density at radius 1 is 0.955 bits per heavy atom. The summed E-state index contributed by atoms with van der Waals surface area (Å²) < 4.78 is 15.1. The summed E-state index contributed by atoms with van der Waals surface area (Å²) in [4.78, 5) is 0. The Kier molecular flexibility index (Phi) is 5.29. The molecule has 0 atom stereocenters. The van der Waals surface area contributed by atoms with Gasteiger partial charge in [0, 0.05) is 29.3 Å². The van der Waals surface area contributed by atoms with Crippen LogP contribution in [0.3, 0.4) is 0 Å². The summed E-state index contributed by atoms with van der Waals surface area (Å²) in [5, 5.41) is 0. The molecule has 0 bridgehead atoms. The SMILES string of the molecule is CCCC1(C)COC2(CC(C)(C)N(S)C(CC)(CC)C2)OC1. The third kappa shape index (κ3) is 3.22. The highest BCUT2D eigenvalue weighted by atomic mass is 32.1. The van der Waals surface area contributed by atoms with Gasteiger partial charge in [0.25, 0.3) is 0 Å². The highest BCUT2D eigenvalue weighted by Crippen LogP contribution is 2.52. The van der Waals surface area contributed by atoms with Crippen molar-refractivity contribution in [2.24, 2.45) is 5.41 Å². The van der Waals surface area contributed by atoms with E-state index in [1.807, 2.05) is 0 Å². The van der Waals surface area contributed by atoms with Crippen molar-refractivity contribution in [3.8, 4) is 0 Å². The van der Waals surface area contributed by atoms with Gasteiger partial charge in [0.15, 0.2) is 5.79 Å². The lowest BCUT2D eigenvalue weighted by molar-refractivity contribution is -0.337. The summed E-state index contributed by atoms with van der Waals surface area (Å²) >= 11 is 4.88. The Hall–Kier alpha value is 0.230. The molecule has 0 aromatic rings. The monoisotopic (exact) mass is 329 g/mol. The van der Waals surface area contributed by atoms with Crippen molar-refractivity contribution < 1.29 is 9.47 Å². The van der Waals surface area contributed by atoms with Crippen molar-refractivity contribution in [3.05, 3.63) is 0 Å². The molecule has 4 heteroatoms. The van der Waals surface area contributed by atoms with Crippen LogP contribution in [0.15, 0.2) is 0 Å². The fourth-order valence-corrected chi connectivity index (χ4v) is 4.89. The predicted octanol–water partition coefficient (Wildman–Crippen LogP) is 4.81. The van der Waals surface area contributed by atoms with Gasteiger partial charge in [-0.15, -0.1) is 0 Å². The molecule has 2 aliphatic rings. The standard InChI is InChI=1S/C18H35NO2S/c1-7-10-16(6)13-20-18(21-14-16)11-15(4,5)19(22)17(8-2,9-3)12-18/h22H,7-14H2,1-6H3. The molecular weight excluding hydrogens is 294 g/mol. The van der Waals surface area contributed by atoms with Gasteiger partial charge in [-0.2, -0.15) is 0 Å². The first-order valence-electron chi connectivity index (χ1n) is 8.94. The predicted molar refractivity (Wildman–Crippen MR) is 95.1 cm³/mol. The maximum Gasteiger partial charge on any atom is 0.171 e. The summed E-state index contributed by atoms with van der Waals surface area (Å²) in [5.41, 5.74) is 0.179. The Morgan fingerprint density at radius 3 is 1.95 bits per heavy atom. The summed E-state index contributed by atoms with van der Waals surface area (Å²) in [7, 11) is 0. The average Bonchev–Trinajstić information content (AvgIpc) is 2.47. The highest BCUT2D eigenvalue weighted by molar-refractivity contribution is 7.77. The number of hydrogen-bond donors (Lipinski definition) is 1. The summed E-state index contributed by atoms with van der Waals surface area (Å²) in [6.45, 7) is 15.2. The lowest BCUT2D eigenvalue weighted by atomic mass is 9.73. The molecule has 2 heterocycles. The van der Waals surface area contributed by atoms with Gasteiger partial charge < -0.3 is 9.47 Å². The maximum atomic E-state index is 6.43. The molecular formula is C18H35NO2S. The van der Waals surface area contributed by atoms with Crippen LogP contribution in [0.25, 0.3) is 0 Å². The van der Waals surface area contributed by atoms with Crippen LogP contribution in [0.4, 0.5) is 0 Å². The number of rotatable bonds is 4. The lowest BCUT2D eigenvalue weighted by Gasteiger charge is -2.60. The largest absolute Gasteiger partial charge is 0.349 e. The van der Waals surface area contributed by atoms with E-state index in [1.54, 1.807) is 0 Å². The molecule has 2 fully saturated rings. The van der Waals surface area contributed by atoms with Crippen LogP contribution >= 0.6 is 12.8 Å². The van der Waals surface area contributed by atoms with E-state index in [4.69, 9.17) is 22.3 Å². The fraction of sp³-hybridized carbons (Fsp3) is 1.00. The van der Waals surface area contributed by atoms with E-state index < -0.39 is 5.79 Å². The third-order valence-corrected chi connectivity index (χ3v) is 6.83. The zero-order valence-electron chi connectivity index (χ0n) is 15.4. The molecule has 130 valence electrons. The van der Waals surface area contributed by atoms with Crippen molar-refractivity contribution in [2.75, 3.05) is 13.2 Å². The van der Waals surface area contributed by atoms with Crippen LogP contribution in [0, 0.1) is 5.41 Å². The smallest absolute Gasteiger partial charge is 0.171 e. The van der Waals surface area contributed by atoms with Gasteiger partial charge in [0.1, 0.15) is 0 Å². The van der Waals surface area contributed by atoms with Crippen LogP contribution < -0.4 is 0 Å². The van der Waals surface area contributed by atoms with Crippen molar-refractivity contribution >= 4 is 12.8 Å². The minimum atomic E-state index is -0.429. The van der Waals surface area contributed by atoms with E-state index in [0.29, 0.717) is 0 Å². The normalized spacial score (nSPS) is 38.3. The number of thiol groups is 1. The lowest BCUT2D eigenvalue weighted by Crippen LogP contribution is -2.67. The zero-order chi connectivity index (χ0) is 16.6. The topological polar surface area (TPSA) is 21.7 Å². The molecule has 2 saturated heterocycles. The first kappa shape index (κ1) is 18.6. The van der Waals surface area contributed by atoms with Gasteiger partial charge in [-0.1, -0.05) is 46.9 Å². The molecule has 2 rings (SSSR count). The van der Waals surface area contributed by atoms with Gasteiger partial charge in [-0.25, -0.2) is 4.31 Å². The van der Waals surface area contributed by atoms with Crippen LogP contribution in [0.2, 0.25) is 0 Å². The molecule has 0 unspecified atom stereocenters. The summed E-state index contributed by atoms with van der Waals surface area (Å²) in [5.74, 6) is -0.429. The van der Waals surface area contributed by atoms with Gasteiger partial charge in [-0.05, 0) is 33.1 Å². The van der Waals surface area contributed by atoms with E-state index in [2.05, 4.69) is 45.8 Å². The number of nitrogens with zero attached hydrogens (tertiary/aromatic N) is 1. The average molecular weight is 330 g/mol. The minimum Gasteiger partial charge on any atom is -0.349 e. The first-order valence-corrected chi connectivity index (χ1v) is 9.34. The van der Waals surface area contributed by atoms with E-state index in [0.717, 1.165) is 45.3 Å². The molecule has 0 aliphatic carbocycles. The van der Waals surface area contributed by atoms with Crippen LogP contribution in [-0.2, 0) is 9.47 Å². The zero-order valence-corrected chi connectivity index (χ0v) is 16.3. The molecule has 2 aliphatic heterocycles. The van der Waals surface area contributed by atoms with Gasteiger partial charge in [-0.3, -0.25) is 0 Å². The van der Waals surface area contributed by atoms with Crippen LogP contribution in [0.5, 0.6) is 0 Å². The molecule has 0 saturated carbocycles. The summed E-state index contributed by atoms with van der Waals surface area (Å²) in [6.07, 6.45) is 6.28. The molecule has 0 aromatic heterocycles. The van der Waals surface area contributed by atoms with Crippen molar-refractivity contribution in [1.29, 1.82) is 0 Å². The summed E-state index contributed by atoms with van der Waals surface area (Å²) in [6, 6.07) is 0. The van der Waals surface area contributed by atoms with E-state index in [9.17, 15) is 0 Å². The fourth-order valence-electron chi connectivity index (χ4n) is 4.46. The van der Waals surface area contributed by atoms with Crippen molar-refractivity contribution in [1.82, 2.24) is 4.31 Å². The van der Waals surface area contributed by atoms with Crippen molar-refractivity contribution in [3.63, 3.8) is 0 Å². The number of ether oxygens (including phenoxy) is 2. The quantitative estimate of drug-likeness (QED) is 0.748. The Labute approximate surface area is 142 Å². The second kappa shape index (κ2) is 6.27. The van der Waals surface area contributed by atoms with Gasteiger partial charge >= 0.3 is 0 Å². The van der Waals surface area contributed by atoms with E-state index >= 15 is 0 Å². The third-order valence-electron chi connectivity index (χ3n) is 5.86. The van der Waals surface area contributed by atoms with Crippen LogP contribution in [-0.4, -0.2) is 34.4 Å². The molecule has 0 radical (unpaired) electrons. The Balaban J connectivity index is 2.22. The van der Waals surface area contributed by atoms with Gasteiger partial charge in [0.2, 0.25) is 0 Å². The molecule has 1 spiro atoms. The highest BCUT2D eigenvalue weighted by Gasteiger charge is 2.57. The molecule has 3 nitrogen and oxygen atoms in total. The molecule has 22 heavy (non-hydrogen) atoms. The first-order chi connectivity index (χ1) is 10.2. The van der Waals surface area contributed by atoms with E-state index in [1.165, 1.54) is 6.42 Å². The van der Waals surface area contributed by atoms with Crippen LogP contribution in [0.1, 0.15) is 80.1 Å². The number of hydrogen-bond acceptors (Lipinski definition) is 4.